The highest BCUT2D eigenvalue weighted by atomic mass is 16.5. The maximum Gasteiger partial charge on any atom is 0.256 e. The minimum absolute atomic E-state index is 0.118. The SMILES string of the molecule is CO[C@](C)(CC(C)C)C(=O)Nc1ccc(OCCCN2CCCC[C@H]2C)cc1. The van der Waals surface area contributed by atoms with Gasteiger partial charge in [0.15, 0.2) is 0 Å². The quantitative estimate of drug-likeness (QED) is 0.587. The van der Waals surface area contributed by atoms with Gasteiger partial charge in [-0.05, 0) is 76.3 Å². The highest BCUT2D eigenvalue weighted by Gasteiger charge is 2.33. The molecular formula is C23H38N2O3. The molecule has 0 saturated carbocycles. The van der Waals surface area contributed by atoms with Crippen LogP contribution in [0, 0.1) is 5.92 Å². The number of hydrogen-bond donors (Lipinski definition) is 1. The normalized spacial score (nSPS) is 20.0. The highest BCUT2D eigenvalue weighted by molar-refractivity contribution is 5.97. The summed E-state index contributed by atoms with van der Waals surface area (Å²) in [5.74, 6) is 1.09. The van der Waals surface area contributed by atoms with Gasteiger partial charge in [-0.1, -0.05) is 20.3 Å². The van der Waals surface area contributed by atoms with Crippen LogP contribution >= 0.6 is 0 Å². The van der Waals surface area contributed by atoms with Gasteiger partial charge in [0.1, 0.15) is 11.4 Å². The van der Waals surface area contributed by atoms with Crippen LogP contribution < -0.4 is 10.1 Å². The number of piperidine rings is 1. The van der Waals surface area contributed by atoms with Crippen LogP contribution in [0.1, 0.15) is 59.8 Å². The number of carbonyl (C=O) groups is 1. The average molecular weight is 391 g/mol. The van der Waals surface area contributed by atoms with Crippen molar-refractivity contribution < 1.29 is 14.3 Å². The summed E-state index contributed by atoms with van der Waals surface area (Å²) in [7, 11) is 1.59. The lowest BCUT2D eigenvalue weighted by Gasteiger charge is -2.33. The molecule has 28 heavy (non-hydrogen) atoms. The van der Waals surface area contributed by atoms with E-state index in [4.69, 9.17) is 9.47 Å². The van der Waals surface area contributed by atoms with Crippen molar-refractivity contribution in [3.05, 3.63) is 24.3 Å². The Labute approximate surface area is 170 Å². The molecule has 0 aliphatic carbocycles. The summed E-state index contributed by atoms with van der Waals surface area (Å²) in [6.07, 6.45) is 5.69. The van der Waals surface area contributed by atoms with Gasteiger partial charge in [-0.3, -0.25) is 4.79 Å². The Balaban J connectivity index is 1.77. The van der Waals surface area contributed by atoms with Gasteiger partial charge >= 0.3 is 0 Å². The van der Waals surface area contributed by atoms with E-state index in [1.807, 2.05) is 31.2 Å². The van der Waals surface area contributed by atoms with E-state index in [0.717, 1.165) is 24.4 Å². The van der Waals surface area contributed by atoms with E-state index < -0.39 is 5.60 Å². The lowest BCUT2D eigenvalue weighted by molar-refractivity contribution is -0.137. The molecule has 1 aromatic rings. The van der Waals surface area contributed by atoms with Gasteiger partial charge in [-0.25, -0.2) is 0 Å². The minimum Gasteiger partial charge on any atom is -0.494 e. The van der Waals surface area contributed by atoms with Crippen LogP contribution in [-0.4, -0.2) is 49.3 Å². The largest absolute Gasteiger partial charge is 0.494 e. The maximum absolute atomic E-state index is 12.6. The Hall–Kier alpha value is -1.59. The molecule has 158 valence electrons. The molecule has 0 radical (unpaired) electrons. The first-order valence-corrected chi connectivity index (χ1v) is 10.7. The first kappa shape index (κ1) is 22.7. The molecule has 1 N–H and O–H groups in total. The number of hydrogen-bond acceptors (Lipinski definition) is 4. The summed E-state index contributed by atoms with van der Waals surface area (Å²) < 4.78 is 11.4. The van der Waals surface area contributed by atoms with E-state index in [0.29, 0.717) is 25.0 Å². The average Bonchev–Trinajstić information content (AvgIpc) is 2.67. The van der Waals surface area contributed by atoms with Crippen molar-refractivity contribution in [3.63, 3.8) is 0 Å². The van der Waals surface area contributed by atoms with E-state index in [9.17, 15) is 4.79 Å². The van der Waals surface area contributed by atoms with Crippen LogP contribution in [0.3, 0.4) is 0 Å². The topological polar surface area (TPSA) is 50.8 Å². The van der Waals surface area contributed by atoms with E-state index in [1.165, 1.54) is 25.8 Å². The zero-order valence-electron chi connectivity index (χ0n) is 18.3. The van der Waals surface area contributed by atoms with Crippen LogP contribution in [0.2, 0.25) is 0 Å². The monoisotopic (exact) mass is 390 g/mol. The molecule has 1 aliphatic rings. The van der Waals surface area contributed by atoms with Gasteiger partial charge in [-0.15, -0.1) is 0 Å². The Morgan fingerprint density at radius 1 is 1.29 bits per heavy atom. The first-order chi connectivity index (χ1) is 13.3. The zero-order valence-corrected chi connectivity index (χ0v) is 18.3. The summed E-state index contributed by atoms with van der Waals surface area (Å²) in [4.78, 5) is 15.2. The van der Waals surface area contributed by atoms with Crippen molar-refractivity contribution in [1.82, 2.24) is 4.90 Å². The Bertz CT molecular complexity index is 602. The zero-order chi connectivity index (χ0) is 20.6. The molecule has 1 amide bonds. The van der Waals surface area contributed by atoms with Crippen molar-refractivity contribution >= 4 is 11.6 Å². The number of carbonyl (C=O) groups excluding carboxylic acids is 1. The van der Waals surface area contributed by atoms with E-state index in [-0.39, 0.29) is 5.91 Å². The fourth-order valence-electron chi connectivity index (χ4n) is 3.89. The van der Waals surface area contributed by atoms with Crippen molar-refractivity contribution in [2.75, 3.05) is 32.1 Å². The number of likely N-dealkylation sites (tertiary alicyclic amines) is 1. The van der Waals surface area contributed by atoms with Crippen molar-refractivity contribution in [3.8, 4) is 5.75 Å². The molecule has 2 atom stereocenters. The minimum atomic E-state index is -0.824. The van der Waals surface area contributed by atoms with Gasteiger partial charge in [-0.2, -0.15) is 0 Å². The molecule has 1 fully saturated rings. The smallest absolute Gasteiger partial charge is 0.256 e. The molecular weight excluding hydrogens is 352 g/mol. The standard InChI is InChI=1S/C23H38N2O3/c1-18(2)17-23(4,27-5)22(26)24-20-10-12-21(13-11-20)28-16-8-15-25-14-7-6-9-19(25)3/h10-13,18-19H,6-9,14-17H2,1-5H3,(H,24,26)/t19-,23-/m1/s1. The number of nitrogens with zero attached hydrogens (tertiary/aromatic N) is 1. The van der Waals surface area contributed by atoms with Crippen LogP contribution in [-0.2, 0) is 9.53 Å². The predicted octanol–water partition coefficient (Wildman–Crippen LogP) is 4.72. The van der Waals surface area contributed by atoms with Gasteiger partial charge in [0.25, 0.3) is 5.91 Å². The van der Waals surface area contributed by atoms with Crippen molar-refractivity contribution in [1.29, 1.82) is 0 Å². The number of nitrogens with one attached hydrogen (secondary N) is 1. The Morgan fingerprint density at radius 3 is 2.61 bits per heavy atom. The van der Waals surface area contributed by atoms with Gasteiger partial charge in [0.2, 0.25) is 0 Å². The molecule has 0 spiro atoms. The van der Waals surface area contributed by atoms with Gasteiger partial charge in [0.05, 0.1) is 6.61 Å². The van der Waals surface area contributed by atoms with Crippen molar-refractivity contribution in [2.24, 2.45) is 5.92 Å². The predicted molar refractivity (Wildman–Crippen MR) is 115 cm³/mol. The van der Waals surface area contributed by atoms with E-state index >= 15 is 0 Å². The third-order valence-electron chi connectivity index (χ3n) is 5.64. The fourth-order valence-corrected chi connectivity index (χ4v) is 3.89. The van der Waals surface area contributed by atoms with Crippen LogP contribution in [0.25, 0.3) is 0 Å². The van der Waals surface area contributed by atoms with Crippen LogP contribution in [0.15, 0.2) is 24.3 Å². The third kappa shape index (κ3) is 6.78. The second-order valence-corrected chi connectivity index (χ2v) is 8.59. The van der Waals surface area contributed by atoms with Crippen LogP contribution in [0.5, 0.6) is 5.75 Å². The molecule has 1 aliphatic heterocycles. The number of rotatable bonds is 10. The number of methoxy groups -OCH3 is 1. The maximum atomic E-state index is 12.6. The van der Waals surface area contributed by atoms with E-state index in [1.54, 1.807) is 7.11 Å². The highest BCUT2D eigenvalue weighted by Crippen LogP contribution is 2.24. The number of ether oxygens (including phenoxy) is 2. The number of amides is 1. The second kappa shape index (κ2) is 10.8. The third-order valence-corrected chi connectivity index (χ3v) is 5.64. The number of benzene rings is 1. The first-order valence-electron chi connectivity index (χ1n) is 10.7. The van der Waals surface area contributed by atoms with Crippen LogP contribution in [0.4, 0.5) is 5.69 Å². The molecule has 0 bridgehead atoms. The van der Waals surface area contributed by atoms with Crippen molar-refractivity contribution in [2.45, 2.75) is 71.4 Å². The molecule has 0 aromatic heterocycles. The summed E-state index contributed by atoms with van der Waals surface area (Å²) in [6.45, 7) is 11.4. The summed E-state index contributed by atoms with van der Waals surface area (Å²) in [5, 5.41) is 2.95. The molecule has 5 heteroatoms. The molecule has 2 rings (SSSR count). The molecule has 1 saturated heterocycles. The Kier molecular flexibility index (Phi) is 8.77. The lowest BCUT2D eigenvalue weighted by Crippen LogP contribution is -2.43. The van der Waals surface area contributed by atoms with Gasteiger partial charge in [0, 0.05) is 25.4 Å². The lowest BCUT2D eigenvalue weighted by atomic mass is 9.93. The molecule has 1 heterocycles. The molecule has 0 unspecified atom stereocenters. The number of anilines is 1. The summed E-state index contributed by atoms with van der Waals surface area (Å²) in [5.41, 5.74) is -0.0684. The molecule has 5 nitrogen and oxygen atoms in total. The van der Waals surface area contributed by atoms with E-state index in [2.05, 4.69) is 31.0 Å². The Morgan fingerprint density at radius 2 is 2.00 bits per heavy atom. The molecule has 1 aromatic carbocycles. The summed E-state index contributed by atoms with van der Waals surface area (Å²) >= 11 is 0. The van der Waals surface area contributed by atoms with Gasteiger partial charge < -0.3 is 19.7 Å². The summed E-state index contributed by atoms with van der Waals surface area (Å²) in [6, 6.07) is 8.28. The second-order valence-electron chi connectivity index (χ2n) is 8.59. The fraction of sp³-hybridized carbons (Fsp3) is 0.696.